The molecule has 6 nitrogen and oxygen atoms in total. The zero-order chi connectivity index (χ0) is 18.1. The number of carbonyl (C=O) groups is 1. The maximum Gasteiger partial charge on any atom is 0.268 e. The first-order valence-electron chi connectivity index (χ1n) is 9.39. The van der Waals surface area contributed by atoms with Crippen molar-refractivity contribution in [2.45, 2.75) is 56.8 Å². The molecule has 1 aliphatic heterocycles. The van der Waals surface area contributed by atoms with Gasteiger partial charge in [0, 0.05) is 23.1 Å². The van der Waals surface area contributed by atoms with Crippen LogP contribution in [0.25, 0.3) is 10.9 Å². The molecule has 1 saturated carbocycles. The number of H-pyrrole nitrogens is 1. The van der Waals surface area contributed by atoms with Gasteiger partial charge in [0.25, 0.3) is 5.91 Å². The van der Waals surface area contributed by atoms with Gasteiger partial charge in [-0.2, -0.15) is 0 Å². The molecule has 5 N–H and O–H groups in total. The number of fused-ring (bicyclic) bond motifs is 1. The summed E-state index contributed by atoms with van der Waals surface area (Å²) in [5.41, 5.74) is 14.9. The van der Waals surface area contributed by atoms with Crippen molar-refractivity contribution in [2.75, 3.05) is 0 Å². The van der Waals surface area contributed by atoms with Crippen LogP contribution in [0.1, 0.15) is 37.7 Å². The molecule has 2 unspecified atom stereocenters. The largest absolute Gasteiger partial charge is 0.474 e. The fraction of sp³-hybridized carbons (Fsp3) is 0.450. The minimum atomic E-state index is -0.447. The van der Waals surface area contributed by atoms with E-state index in [0.717, 1.165) is 36.8 Å². The number of aromatic nitrogens is 1. The zero-order valence-corrected chi connectivity index (χ0v) is 14.9. The van der Waals surface area contributed by atoms with E-state index in [1.807, 2.05) is 23.2 Å². The number of rotatable bonds is 5. The molecule has 1 aliphatic carbocycles. The summed E-state index contributed by atoms with van der Waals surface area (Å²) in [5, 5.41) is 1.17. The van der Waals surface area contributed by atoms with Crippen LogP contribution in [-0.2, 0) is 16.0 Å². The lowest BCUT2D eigenvalue weighted by atomic mass is 9.92. The number of nitrogens with two attached hydrogens (primary N) is 2. The number of hydrogen-bond donors (Lipinski definition) is 3. The van der Waals surface area contributed by atoms with Gasteiger partial charge >= 0.3 is 0 Å². The van der Waals surface area contributed by atoms with E-state index in [1.165, 1.54) is 18.1 Å². The highest BCUT2D eigenvalue weighted by molar-refractivity contribution is 5.91. The molecule has 26 heavy (non-hydrogen) atoms. The topological polar surface area (TPSA) is 97.4 Å². The van der Waals surface area contributed by atoms with Crippen molar-refractivity contribution in [3.8, 4) is 0 Å². The van der Waals surface area contributed by atoms with Crippen molar-refractivity contribution < 1.29 is 9.53 Å². The predicted molar refractivity (Wildman–Crippen MR) is 101 cm³/mol. The van der Waals surface area contributed by atoms with E-state index in [0.29, 0.717) is 12.1 Å². The molecule has 0 saturated heterocycles. The lowest BCUT2D eigenvalue weighted by Gasteiger charge is -2.38. The molecule has 0 radical (unpaired) electrons. The molecule has 0 spiro atoms. The monoisotopic (exact) mass is 354 g/mol. The third-order valence-corrected chi connectivity index (χ3v) is 5.59. The van der Waals surface area contributed by atoms with Gasteiger partial charge < -0.3 is 26.1 Å². The van der Waals surface area contributed by atoms with Crippen LogP contribution >= 0.6 is 0 Å². The fourth-order valence-electron chi connectivity index (χ4n) is 4.31. The summed E-state index contributed by atoms with van der Waals surface area (Å²) < 4.78 is 5.84. The van der Waals surface area contributed by atoms with Gasteiger partial charge in [0.1, 0.15) is 12.0 Å². The summed E-state index contributed by atoms with van der Waals surface area (Å²) in [6, 6.07) is 8.19. The quantitative estimate of drug-likeness (QED) is 0.768. The van der Waals surface area contributed by atoms with E-state index in [9.17, 15) is 4.79 Å². The first-order chi connectivity index (χ1) is 12.6. The van der Waals surface area contributed by atoms with Gasteiger partial charge in [0.05, 0.1) is 6.04 Å². The zero-order valence-electron chi connectivity index (χ0n) is 14.9. The molecular formula is C20H26N4O2. The SMILES string of the molecule is NC(=O)C1=COC(C(N)Cc2c[nH]c3ccccc23)N1C1CCCCC1. The van der Waals surface area contributed by atoms with Gasteiger partial charge in [-0.3, -0.25) is 4.79 Å². The molecule has 0 bridgehead atoms. The summed E-state index contributed by atoms with van der Waals surface area (Å²) in [6.45, 7) is 0. The highest BCUT2D eigenvalue weighted by atomic mass is 16.5. The number of primary amides is 1. The van der Waals surface area contributed by atoms with Crippen molar-refractivity contribution in [3.05, 3.63) is 48.0 Å². The average Bonchev–Trinajstić information content (AvgIpc) is 3.27. The number of ether oxygens (including phenoxy) is 1. The average molecular weight is 354 g/mol. The summed E-state index contributed by atoms with van der Waals surface area (Å²) in [6.07, 6.45) is 9.48. The number of nitrogens with one attached hydrogen (secondary N) is 1. The Hall–Kier alpha value is -2.47. The minimum absolute atomic E-state index is 0.260. The maximum atomic E-state index is 11.9. The molecule has 1 fully saturated rings. The normalized spacial score (nSPS) is 22.3. The second-order valence-electron chi connectivity index (χ2n) is 7.32. The predicted octanol–water partition coefficient (Wildman–Crippen LogP) is 2.36. The van der Waals surface area contributed by atoms with Crippen molar-refractivity contribution in [3.63, 3.8) is 0 Å². The Labute approximate surface area is 153 Å². The molecule has 1 amide bonds. The van der Waals surface area contributed by atoms with E-state index < -0.39 is 5.91 Å². The van der Waals surface area contributed by atoms with Crippen LogP contribution in [0.15, 0.2) is 42.4 Å². The molecule has 1 aromatic heterocycles. The Balaban J connectivity index is 1.55. The lowest BCUT2D eigenvalue weighted by Crippen LogP contribution is -2.52. The molecule has 2 atom stereocenters. The van der Waals surface area contributed by atoms with Gasteiger partial charge in [0.2, 0.25) is 0 Å². The van der Waals surface area contributed by atoms with Crippen LogP contribution in [-0.4, -0.2) is 34.1 Å². The molecule has 2 aliphatic rings. The fourth-order valence-corrected chi connectivity index (χ4v) is 4.31. The number of aromatic amines is 1. The molecule has 138 valence electrons. The number of benzene rings is 1. The van der Waals surface area contributed by atoms with Crippen LogP contribution in [0.2, 0.25) is 0 Å². The third-order valence-electron chi connectivity index (χ3n) is 5.59. The highest BCUT2D eigenvalue weighted by Crippen LogP contribution is 2.33. The summed E-state index contributed by atoms with van der Waals surface area (Å²) in [4.78, 5) is 17.2. The molecule has 4 rings (SSSR count). The van der Waals surface area contributed by atoms with Crippen molar-refractivity contribution in [1.29, 1.82) is 0 Å². The van der Waals surface area contributed by atoms with E-state index in [4.69, 9.17) is 16.2 Å². The van der Waals surface area contributed by atoms with Crippen molar-refractivity contribution in [1.82, 2.24) is 9.88 Å². The Morgan fingerprint density at radius 2 is 2.04 bits per heavy atom. The molecule has 1 aromatic carbocycles. The molecule has 2 heterocycles. The number of hydrogen-bond acceptors (Lipinski definition) is 4. The number of para-hydroxylation sites is 1. The molecule has 6 heteroatoms. The van der Waals surface area contributed by atoms with E-state index in [2.05, 4.69) is 17.1 Å². The second-order valence-corrected chi connectivity index (χ2v) is 7.32. The smallest absolute Gasteiger partial charge is 0.268 e. The first kappa shape index (κ1) is 17.0. The van der Waals surface area contributed by atoms with Crippen LogP contribution in [0.5, 0.6) is 0 Å². The van der Waals surface area contributed by atoms with E-state index in [1.54, 1.807) is 0 Å². The Morgan fingerprint density at radius 1 is 1.27 bits per heavy atom. The lowest BCUT2D eigenvalue weighted by molar-refractivity contribution is -0.117. The van der Waals surface area contributed by atoms with Crippen LogP contribution in [0, 0.1) is 0 Å². The highest BCUT2D eigenvalue weighted by Gasteiger charge is 2.39. The van der Waals surface area contributed by atoms with Crippen molar-refractivity contribution in [2.24, 2.45) is 11.5 Å². The Kier molecular flexibility index (Phi) is 4.59. The van der Waals surface area contributed by atoms with Crippen molar-refractivity contribution >= 4 is 16.8 Å². The maximum absolute atomic E-state index is 11.9. The first-order valence-corrected chi connectivity index (χ1v) is 9.39. The van der Waals surface area contributed by atoms with Gasteiger partial charge in [-0.25, -0.2) is 0 Å². The second kappa shape index (κ2) is 7.03. The number of carbonyl (C=O) groups excluding carboxylic acids is 1. The van der Waals surface area contributed by atoms with Gasteiger partial charge in [-0.15, -0.1) is 0 Å². The molecular weight excluding hydrogens is 328 g/mol. The Bertz CT molecular complexity index is 822. The van der Waals surface area contributed by atoms with Gasteiger partial charge in [-0.1, -0.05) is 37.5 Å². The number of amides is 1. The van der Waals surface area contributed by atoms with E-state index >= 15 is 0 Å². The van der Waals surface area contributed by atoms with E-state index in [-0.39, 0.29) is 18.3 Å². The summed E-state index contributed by atoms with van der Waals surface area (Å²) in [7, 11) is 0. The van der Waals surface area contributed by atoms with Gasteiger partial charge in [0.15, 0.2) is 6.23 Å². The third kappa shape index (κ3) is 3.05. The van der Waals surface area contributed by atoms with Crippen LogP contribution < -0.4 is 11.5 Å². The summed E-state index contributed by atoms with van der Waals surface area (Å²) >= 11 is 0. The molecule has 2 aromatic rings. The van der Waals surface area contributed by atoms with Crippen LogP contribution in [0.4, 0.5) is 0 Å². The van der Waals surface area contributed by atoms with Crippen LogP contribution in [0.3, 0.4) is 0 Å². The Morgan fingerprint density at radius 3 is 2.81 bits per heavy atom. The van der Waals surface area contributed by atoms with Gasteiger partial charge in [-0.05, 0) is 30.9 Å². The number of nitrogens with zero attached hydrogens (tertiary/aromatic N) is 1. The standard InChI is InChI=1S/C20H26N4O2/c21-16(10-13-11-23-17-9-5-4-8-15(13)17)20-24(14-6-2-1-3-7-14)18(12-26-20)19(22)25/h4-5,8-9,11-12,14,16,20,23H,1-3,6-7,10,21H2,(H2,22,25). The summed E-state index contributed by atoms with van der Waals surface area (Å²) in [5.74, 6) is -0.447. The minimum Gasteiger partial charge on any atom is -0.474 e.